The quantitative estimate of drug-likeness (QED) is 0.332. The number of guanidine groups is 1. The van der Waals surface area contributed by atoms with Crippen molar-refractivity contribution in [3.05, 3.63) is 46.3 Å². The molecule has 2 aromatic rings. The molecule has 31 heavy (non-hydrogen) atoms. The Hall–Kier alpha value is -2.16. The van der Waals surface area contributed by atoms with Crippen molar-refractivity contribution in [3.63, 3.8) is 0 Å². The first-order valence-corrected chi connectivity index (χ1v) is 11.9. The zero-order valence-corrected chi connectivity index (χ0v) is 19.7. The van der Waals surface area contributed by atoms with Gasteiger partial charge in [0.2, 0.25) is 5.88 Å². The summed E-state index contributed by atoms with van der Waals surface area (Å²) in [5.41, 5.74) is 0.963. The normalized spacial score (nSPS) is 19.9. The Balaban J connectivity index is 1.64. The molecule has 1 saturated heterocycles. The summed E-state index contributed by atoms with van der Waals surface area (Å²) >= 11 is 1.85. The molecule has 7 nitrogen and oxygen atoms in total. The number of hydrogen-bond acceptors (Lipinski definition) is 6. The molecule has 2 atom stereocenters. The molecule has 0 aliphatic carbocycles. The summed E-state index contributed by atoms with van der Waals surface area (Å²) in [6, 6.07) is 8.79. The second-order valence-corrected chi connectivity index (χ2v) is 8.71. The first-order chi connectivity index (χ1) is 15.2. The van der Waals surface area contributed by atoms with Crippen molar-refractivity contribution < 1.29 is 9.47 Å². The zero-order valence-electron chi connectivity index (χ0n) is 18.8. The van der Waals surface area contributed by atoms with Gasteiger partial charge in [-0.2, -0.15) is 0 Å². The van der Waals surface area contributed by atoms with E-state index >= 15 is 0 Å². The van der Waals surface area contributed by atoms with E-state index in [4.69, 9.17) is 14.5 Å². The van der Waals surface area contributed by atoms with Gasteiger partial charge < -0.3 is 20.1 Å². The number of aromatic nitrogens is 1. The van der Waals surface area contributed by atoms with E-state index in [0.717, 1.165) is 31.2 Å². The van der Waals surface area contributed by atoms with Gasteiger partial charge in [-0.15, -0.1) is 11.3 Å². The number of methoxy groups -OCH3 is 1. The molecule has 0 aromatic carbocycles. The van der Waals surface area contributed by atoms with Crippen LogP contribution in [-0.2, 0) is 11.3 Å². The standard InChI is InChI=1S/C23H35N5O2S/c1-4-24-23(27-17-19-8-5-11-25-22(19)30-14-13-29-3)26-16-18-9-6-12-28(2)21(18)20-10-7-15-31-20/h5,7-8,10-11,15,18,21H,4,6,9,12-14,16-17H2,1-3H3,(H2,24,26,27). The maximum atomic E-state index is 5.74. The Bertz CT molecular complexity index is 799. The van der Waals surface area contributed by atoms with E-state index in [1.54, 1.807) is 13.3 Å². The lowest BCUT2D eigenvalue weighted by Crippen LogP contribution is -2.44. The predicted octanol–water partition coefficient (Wildman–Crippen LogP) is 3.31. The highest BCUT2D eigenvalue weighted by atomic mass is 32.1. The van der Waals surface area contributed by atoms with E-state index in [1.807, 2.05) is 23.5 Å². The summed E-state index contributed by atoms with van der Waals surface area (Å²) in [6.45, 7) is 6.46. The van der Waals surface area contributed by atoms with Crippen molar-refractivity contribution in [1.82, 2.24) is 20.5 Å². The van der Waals surface area contributed by atoms with Crippen LogP contribution in [0.1, 0.15) is 36.2 Å². The molecule has 1 aliphatic rings. The van der Waals surface area contributed by atoms with Crippen LogP contribution in [0.5, 0.6) is 5.88 Å². The molecular formula is C23H35N5O2S. The van der Waals surface area contributed by atoms with Gasteiger partial charge in [0.1, 0.15) is 6.61 Å². The first-order valence-electron chi connectivity index (χ1n) is 11.0. The Morgan fingerprint density at radius 1 is 1.29 bits per heavy atom. The van der Waals surface area contributed by atoms with E-state index in [-0.39, 0.29) is 0 Å². The third-order valence-electron chi connectivity index (χ3n) is 5.50. The molecule has 3 rings (SSSR count). The predicted molar refractivity (Wildman–Crippen MR) is 127 cm³/mol. The van der Waals surface area contributed by atoms with Gasteiger partial charge in [0.25, 0.3) is 0 Å². The molecule has 2 N–H and O–H groups in total. The lowest BCUT2D eigenvalue weighted by Gasteiger charge is -2.39. The number of ether oxygens (including phenoxy) is 2. The van der Waals surface area contributed by atoms with Crippen LogP contribution in [-0.4, -0.2) is 62.8 Å². The largest absolute Gasteiger partial charge is 0.475 e. The van der Waals surface area contributed by atoms with Crippen LogP contribution in [0.2, 0.25) is 0 Å². The molecule has 2 unspecified atom stereocenters. The van der Waals surface area contributed by atoms with Crippen LogP contribution in [0.15, 0.2) is 40.8 Å². The highest BCUT2D eigenvalue weighted by molar-refractivity contribution is 7.10. The van der Waals surface area contributed by atoms with Gasteiger partial charge in [-0.1, -0.05) is 12.1 Å². The topological polar surface area (TPSA) is 71.0 Å². The van der Waals surface area contributed by atoms with Crippen molar-refractivity contribution >= 4 is 17.3 Å². The summed E-state index contributed by atoms with van der Waals surface area (Å²) in [6.07, 6.45) is 4.19. The maximum Gasteiger partial charge on any atom is 0.218 e. The van der Waals surface area contributed by atoms with E-state index in [1.165, 1.54) is 17.7 Å². The minimum absolute atomic E-state index is 0.461. The lowest BCUT2D eigenvalue weighted by atomic mass is 9.88. The van der Waals surface area contributed by atoms with Crippen LogP contribution in [0, 0.1) is 5.92 Å². The highest BCUT2D eigenvalue weighted by Crippen LogP contribution is 2.36. The minimum Gasteiger partial charge on any atom is -0.475 e. The Morgan fingerprint density at radius 3 is 2.97 bits per heavy atom. The lowest BCUT2D eigenvalue weighted by molar-refractivity contribution is 0.125. The smallest absolute Gasteiger partial charge is 0.218 e. The molecule has 1 fully saturated rings. The van der Waals surface area contributed by atoms with Gasteiger partial charge in [-0.05, 0) is 56.8 Å². The Labute approximate surface area is 189 Å². The van der Waals surface area contributed by atoms with Crippen LogP contribution in [0.25, 0.3) is 0 Å². The maximum absolute atomic E-state index is 5.74. The number of nitrogens with zero attached hydrogens (tertiary/aromatic N) is 3. The summed E-state index contributed by atoms with van der Waals surface area (Å²) in [4.78, 5) is 13.1. The fourth-order valence-electron chi connectivity index (χ4n) is 4.01. The molecular weight excluding hydrogens is 410 g/mol. The number of rotatable bonds is 10. The van der Waals surface area contributed by atoms with Gasteiger partial charge in [0.15, 0.2) is 5.96 Å². The number of piperidine rings is 1. The Morgan fingerprint density at radius 2 is 2.19 bits per heavy atom. The monoisotopic (exact) mass is 445 g/mol. The molecule has 2 aromatic heterocycles. The number of hydrogen-bond donors (Lipinski definition) is 2. The van der Waals surface area contributed by atoms with Gasteiger partial charge in [-0.3, -0.25) is 4.90 Å². The first kappa shape index (κ1) is 23.5. The van der Waals surface area contributed by atoms with Crippen molar-refractivity contribution in [1.29, 1.82) is 0 Å². The summed E-state index contributed by atoms with van der Waals surface area (Å²) in [5, 5.41) is 9.13. The number of nitrogens with one attached hydrogen (secondary N) is 2. The minimum atomic E-state index is 0.461. The van der Waals surface area contributed by atoms with Gasteiger partial charge in [-0.25, -0.2) is 9.98 Å². The molecule has 0 bridgehead atoms. The average Bonchev–Trinajstić information content (AvgIpc) is 3.31. The molecule has 1 aliphatic heterocycles. The summed E-state index contributed by atoms with van der Waals surface area (Å²) in [5.74, 6) is 1.99. The second kappa shape index (κ2) is 12.6. The molecule has 0 amide bonds. The van der Waals surface area contributed by atoms with Crippen LogP contribution < -0.4 is 15.4 Å². The van der Waals surface area contributed by atoms with Gasteiger partial charge in [0, 0.05) is 42.9 Å². The fourth-order valence-corrected chi connectivity index (χ4v) is 5.00. The van der Waals surface area contributed by atoms with Crippen LogP contribution >= 0.6 is 11.3 Å². The van der Waals surface area contributed by atoms with Gasteiger partial charge in [0.05, 0.1) is 13.2 Å². The summed E-state index contributed by atoms with van der Waals surface area (Å²) in [7, 11) is 3.90. The number of pyridine rings is 1. The SMILES string of the molecule is CCNC(=NCc1cccnc1OCCOC)NCC1CCCN(C)C1c1cccs1. The third kappa shape index (κ3) is 6.92. The average molecular weight is 446 g/mol. The highest BCUT2D eigenvalue weighted by Gasteiger charge is 2.31. The fraction of sp³-hybridized carbons (Fsp3) is 0.565. The number of aliphatic imine (C=N–C) groups is 1. The van der Waals surface area contributed by atoms with E-state index in [0.29, 0.717) is 37.6 Å². The molecule has 8 heteroatoms. The van der Waals surface area contributed by atoms with Crippen LogP contribution in [0.3, 0.4) is 0 Å². The van der Waals surface area contributed by atoms with E-state index in [2.05, 4.69) is 52.0 Å². The van der Waals surface area contributed by atoms with E-state index in [9.17, 15) is 0 Å². The number of thiophene rings is 1. The Kier molecular flexibility index (Phi) is 9.58. The van der Waals surface area contributed by atoms with Crippen molar-refractivity contribution in [3.8, 4) is 5.88 Å². The third-order valence-corrected chi connectivity index (χ3v) is 6.44. The van der Waals surface area contributed by atoms with Crippen molar-refractivity contribution in [2.75, 3.05) is 47.0 Å². The van der Waals surface area contributed by atoms with Crippen molar-refractivity contribution in [2.24, 2.45) is 10.9 Å². The molecule has 0 radical (unpaired) electrons. The second-order valence-electron chi connectivity index (χ2n) is 7.73. The molecule has 170 valence electrons. The zero-order chi connectivity index (χ0) is 21.9. The van der Waals surface area contributed by atoms with Crippen LogP contribution in [0.4, 0.5) is 0 Å². The molecule has 0 saturated carbocycles. The summed E-state index contributed by atoms with van der Waals surface area (Å²) < 4.78 is 10.8. The van der Waals surface area contributed by atoms with Crippen molar-refractivity contribution in [2.45, 2.75) is 32.4 Å². The van der Waals surface area contributed by atoms with Gasteiger partial charge >= 0.3 is 0 Å². The molecule has 0 spiro atoms. The number of likely N-dealkylation sites (tertiary alicyclic amines) is 1. The molecule has 3 heterocycles. The van der Waals surface area contributed by atoms with E-state index < -0.39 is 0 Å².